The van der Waals surface area contributed by atoms with E-state index in [0.717, 1.165) is 30.4 Å². The molecule has 0 aromatic rings. The monoisotopic (exact) mass is 297 g/mol. The molecule has 1 spiro atoms. The molecule has 1 saturated carbocycles. The summed E-state index contributed by atoms with van der Waals surface area (Å²) in [7, 11) is 2.19. The van der Waals surface area contributed by atoms with E-state index in [4.69, 9.17) is 4.74 Å². The SMILES string of the molecule is CNC(C1CCOC2(CCSCC2)C1)C1CCCC1C. The van der Waals surface area contributed by atoms with Gasteiger partial charge in [0.25, 0.3) is 0 Å². The molecule has 0 radical (unpaired) electrons. The van der Waals surface area contributed by atoms with E-state index in [1.54, 1.807) is 0 Å². The molecule has 2 heterocycles. The third-order valence-electron chi connectivity index (χ3n) is 6.17. The first-order chi connectivity index (χ1) is 9.74. The molecule has 3 fully saturated rings. The fourth-order valence-corrected chi connectivity index (χ4v) is 6.21. The van der Waals surface area contributed by atoms with Gasteiger partial charge in [0.15, 0.2) is 0 Å². The molecule has 3 aliphatic rings. The highest BCUT2D eigenvalue weighted by molar-refractivity contribution is 7.99. The molecule has 116 valence electrons. The summed E-state index contributed by atoms with van der Waals surface area (Å²) in [5.41, 5.74) is 0.241. The first-order valence-electron chi connectivity index (χ1n) is 8.63. The van der Waals surface area contributed by atoms with Crippen LogP contribution in [0, 0.1) is 17.8 Å². The molecule has 1 aliphatic carbocycles. The Labute approximate surface area is 128 Å². The fraction of sp³-hybridized carbons (Fsp3) is 1.00. The highest BCUT2D eigenvalue weighted by Crippen LogP contribution is 2.44. The topological polar surface area (TPSA) is 21.3 Å². The lowest BCUT2D eigenvalue weighted by Gasteiger charge is -2.46. The van der Waals surface area contributed by atoms with Gasteiger partial charge in [0, 0.05) is 12.6 Å². The summed E-state index contributed by atoms with van der Waals surface area (Å²) in [4.78, 5) is 0. The minimum absolute atomic E-state index is 0.241. The smallest absolute Gasteiger partial charge is 0.0701 e. The van der Waals surface area contributed by atoms with Crippen molar-refractivity contribution in [3.8, 4) is 0 Å². The molecule has 20 heavy (non-hydrogen) atoms. The predicted molar refractivity (Wildman–Crippen MR) is 87.3 cm³/mol. The van der Waals surface area contributed by atoms with Gasteiger partial charge in [0.05, 0.1) is 5.60 Å². The van der Waals surface area contributed by atoms with Crippen LogP contribution in [0.1, 0.15) is 51.9 Å². The summed E-state index contributed by atoms with van der Waals surface area (Å²) in [5.74, 6) is 5.25. The zero-order chi connectivity index (χ0) is 14.0. The summed E-state index contributed by atoms with van der Waals surface area (Å²) in [6.07, 6.45) is 9.46. The Kier molecular flexibility index (Phi) is 4.99. The van der Waals surface area contributed by atoms with Gasteiger partial charge in [-0.1, -0.05) is 19.8 Å². The van der Waals surface area contributed by atoms with Gasteiger partial charge in [-0.25, -0.2) is 0 Å². The van der Waals surface area contributed by atoms with E-state index in [-0.39, 0.29) is 5.60 Å². The van der Waals surface area contributed by atoms with Crippen molar-refractivity contribution in [1.82, 2.24) is 5.32 Å². The molecule has 2 nitrogen and oxygen atoms in total. The molecule has 4 unspecified atom stereocenters. The standard InChI is InChI=1S/C17H31NOS/c1-13-4-3-5-15(13)16(18-2)14-6-9-19-17(12-14)7-10-20-11-8-17/h13-16,18H,3-12H2,1-2H3. The maximum Gasteiger partial charge on any atom is 0.0701 e. The average molecular weight is 298 g/mol. The van der Waals surface area contributed by atoms with Crippen LogP contribution in [0.15, 0.2) is 0 Å². The molecule has 4 atom stereocenters. The molecule has 3 heteroatoms. The molecular weight excluding hydrogens is 266 g/mol. The third kappa shape index (κ3) is 3.05. The number of hydrogen-bond acceptors (Lipinski definition) is 3. The number of thioether (sulfide) groups is 1. The van der Waals surface area contributed by atoms with Crippen LogP contribution in [0.4, 0.5) is 0 Å². The highest BCUT2D eigenvalue weighted by atomic mass is 32.2. The van der Waals surface area contributed by atoms with Crippen molar-refractivity contribution in [3.05, 3.63) is 0 Å². The Morgan fingerprint density at radius 2 is 2.00 bits per heavy atom. The van der Waals surface area contributed by atoms with Gasteiger partial charge in [-0.3, -0.25) is 0 Å². The van der Waals surface area contributed by atoms with E-state index < -0.39 is 0 Å². The van der Waals surface area contributed by atoms with Crippen LogP contribution in [-0.2, 0) is 4.74 Å². The Hall–Kier alpha value is 0.270. The molecule has 2 aliphatic heterocycles. The van der Waals surface area contributed by atoms with E-state index in [0.29, 0.717) is 0 Å². The molecule has 0 aromatic carbocycles. The third-order valence-corrected chi connectivity index (χ3v) is 7.15. The number of ether oxygens (including phenoxy) is 1. The summed E-state index contributed by atoms with van der Waals surface area (Å²) >= 11 is 2.11. The van der Waals surface area contributed by atoms with Crippen LogP contribution in [0.2, 0.25) is 0 Å². The zero-order valence-corrected chi connectivity index (χ0v) is 14.0. The van der Waals surface area contributed by atoms with Crippen LogP contribution in [0.3, 0.4) is 0 Å². The van der Waals surface area contributed by atoms with Crippen molar-refractivity contribution < 1.29 is 4.74 Å². The van der Waals surface area contributed by atoms with Crippen LogP contribution >= 0.6 is 11.8 Å². The molecular formula is C17H31NOS. The van der Waals surface area contributed by atoms with E-state index >= 15 is 0 Å². The van der Waals surface area contributed by atoms with Gasteiger partial charge < -0.3 is 10.1 Å². The van der Waals surface area contributed by atoms with Crippen LogP contribution in [0.5, 0.6) is 0 Å². The molecule has 2 saturated heterocycles. The average Bonchev–Trinajstić information content (AvgIpc) is 2.87. The maximum atomic E-state index is 6.28. The largest absolute Gasteiger partial charge is 0.375 e. The van der Waals surface area contributed by atoms with Gasteiger partial charge in [-0.2, -0.15) is 11.8 Å². The van der Waals surface area contributed by atoms with Gasteiger partial charge in [-0.15, -0.1) is 0 Å². The molecule has 3 rings (SSSR count). The molecule has 0 aromatic heterocycles. The summed E-state index contributed by atoms with van der Waals surface area (Å²) in [6.45, 7) is 3.46. The number of hydrogen-bond donors (Lipinski definition) is 1. The predicted octanol–water partition coefficient (Wildman–Crippen LogP) is 3.70. The lowest BCUT2D eigenvalue weighted by molar-refractivity contribution is -0.110. The minimum atomic E-state index is 0.241. The van der Waals surface area contributed by atoms with Crippen molar-refractivity contribution in [2.45, 2.75) is 63.5 Å². The van der Waals surface area contributed by atoms with Gasteiger partial charge in [-0.05, 0) is 68.4 Å². The number of rotatable bonds is 3. The highest BCUT2D eigenvalue weighted by Gasteiger charge is 2.43. The molecule has 1 N–H and O–H groups in total. The van der Waals surface area contributed by atoms with Gasteiger partial charge in [0.1, 0.15) is 0 Å². The lowest BCUT2D eigenvalue weighted by atomic mass is 9.73. The second kappa shape index (κ2) is 6.58. The quantitative estimate of drug-likeness (QED) is 0.858. The summed E-state index contributed by atoms with van der Waals surface area (Å²) in [5, 5.41) is 3.71. The van der Waals surface area contributed by atoms with Gasteiger partial charge in [0.2, 0.25) is 0 Å². The van der Waals surface area contributed by atoms with Gasteiger partial charge >= 0.3 is 0 Å². The lowest BCUT2D eigenvalue weighted by Crippen LogP contribution is -2.50. The Morgan fingerprint density at radius 3 is 2.65 bits per heavy atom. The maximum absolute atomic E-state index is 6.28. The van der Waals surface area contributed by atoms with E-state index in [1.807, 2.05) is 0 Å². The normalized spacial score (nSPS) is 39.0. The molecule has 0 bridgehead atoms. The van der Waals surface area contributed by atoms with Crippen molar-refractivity contribution in [3.63, 3.8) is 0 Å². The Morgan fingerprint density at radius 1 is 1.20 bits per heavy atom. The first-order valence-corrected chi connectivity index (χ1v) is 9.78. The van der Waals surface area contributed by atoms with Crippen molar-refractivity contribution in [2.75, 3.05) is 25.2 Å². The summed E-state index contributed by atoms with van der Waals surface area (Å²) < 4.78 is 6.28. The van der Waals surface area contributed by atoms with Crippen molar-refractivity contribution in [1.29, 1.82) is 0 Å². The van der Waals surface area contributed by atoms with Crippen LogP contribution < -0.4 is 5.32 Å². The number of nitrogens with one attached hydrogen (secondary N) is 1. The zero-order valence-electron chi connectivity index (χ0n) is 13.2. The van der Waals surface area contributed by atoms with Crippen LogP contribution in [0.25, 0.3) is 0 Å². The minimum Gasteiger partial charge on any atom is -0.375 e. The van der Waals surface area contributed by atoms with E-state index in [1.165, 1.54) is 56.5 Å². The first kappa shape index (κ1) is 15.2. The Balaban J connectivity index is 1.68. The summed E-state index contributed by atoms with van der Waals surface area (Å²) in [6, 6.07) is 0.725. The van der Waals surface area contributed by atoms with E-state index in [2.05, 4.69) is 31.1 Å². The Bertz CT molecular complexity index is 311. The fourth-order valence-electron chi connectivity index (χ4n) is 4.97. The second-order valence-electron chi connectivity index (χ2n) is 7.28. The second-order valence-corrected chi connectivity index (χ2v) is 8.51. The molecule has 0 amide bonds. The van der Waals surface area contributed by atoms with Crippen LogP contribution in [-0.4, -0.2) is 36.8 Å². The van der Waals surface area contributed by atoms with Crippen molar-refractivity contribution in [2.24, 2.45) is 17.8 Å². The van der Waals surface area contributed by atoms with E-state index in [9.17, 15) is 0 Å². The van der Waals surface area contributed by atoms with Crippen molar-refractivity contribution >= 4 is 11.8 Å².